The van der Waals surface area contributed by atoms with Crippen LogP contribution >= 0.6 is 11.6 Å². The Kier molecular flexibility index (Phi) is 3.24. The maximum Gasteiger partial charge on any atom is 0.337 e. The van der Waals surface area contributed by atoms with Crippen molar-refractivity contribution in [2.24, 2.45) is 11.8 Å². The summed E-state index contributed by atoms with van der Waals surface area (Å²) in [6.45, 7) is 6.21. The molecule has 1 aromatic rings. The standard InChI is InChI=1S/C12H15ClN2O2/c1-7-5-15(6-8(7)2)11-3-9(12(16)17)10(13)4-14-11/h3-4,7-8H,5-6H2,1-2H3,(H,16,17). The summed E-state index contributed by atoms with van der Waals surface area (Å²) in [5.74, 6) is 0.878. The van der Waals surface area contributed by atoms with Crippen molar-refractivity contribution in [2.45, 2.75) is 13.8 Å². The van der Waals surface area contributed by atoms with Gasteiger partial charge in [0.2, 0.25) is 0 Å². The van der Waals surface area contributed by atoms with Gasteiger partial charge in [-0.1, -0.05) is 25.4 Å². The Hall–Kier alpha value is -1.29. The highest BCUT2D eigenvalue weighted by molar-refractivity contribution is 6.33. The van der Waals surface area contributed by atoms with Gasteiger partial charge in [0.1, 0.15) is 5.82 Å². The molecule has 0 amide bonds. The Morgan fingerprint density at radius 3 is 2.59 bits per heavy atom. The number of rotatable bonds is 2. The summed E-state index contributed by atoms with van der Waals surface area (Å²) < 4.78 is 0. The van der Waals surface area contributed by atoms with Crippen molar-refractivity contribution in [1.29, 1.82) is 0 Å². The monoisotopic (exact) mass is 254 g/mol. The molecule has 1 aromatic heterocycles. The first kappa shape index (κ1) is 12.2. The molecule has 1 N–H and O–H groups in total. The first-order chi connectivity index (χ1) is 7.99. The highest BCUT2D eigenvalue weighted by Gasteiger charge is 2.27. The van der Waals surface area contributed by atoms with E-state index in [1.54, 1.807) is 6.07 Å². The molecule has 4 nitrogen and oxygen atoms in total. The number of carboxylic acids is 1. The molecule has 1 aliphatic rings. The predicted molar refractivity (Wildman–Crippen MR) is 66.7 cm³/mol. The Morgan fingerprint density at radius 1 is 1.47 bits per heavy atom. The molecule has 17 heavy (non-hydrogen) atoms. The molecule has 1 aliphatic heterocycles. The maximum absolute atomic E-state index is 11.0. The van der Waals surface area contributed by atoms with Gasteiger partial charge in [-0.25, -0.2) is 9.78 Å². The van der Waals surface area contributed by atoms with Crippen LogP contribution in [-0.2, 0) is 0 Å². The van der Waals surface area contributed by atoms with Gasteiger partial charge in [-0.2, -0.15) is 0 Å². The summed E-state index contributed by atoms with van der Waals surface area (Å²) in [5.41, 5.74) is 0.115. The van der Waals surface area contributed by atoms with Gasteiger partial charge in [0, 0.05) is 19.3 Å². The van der Waals surface area contributed by atoms with Crippen LogP contribution in [-0.4, -0.2) is 29.1 Å². The zero-order chi connectivity index (χ0) is 12.6. The lowest BCUT2D eigenvalue weighted by atomic mass is 10.0. The van der Waals surface area contributed by atoms with Crippen LogP contribution in [0.5, 0.6) is 0 Å². The number of carbonyl (C=O) groups is 1. The third-order valence-electron chi connectivity index (χ3n) is 3.38. The van der Waals surface area contributed by atoms with Crippen LogP contribution in [0.1, 0.15) is 24.2 Å². The molecule has 2 heterocycles. The molecule has 1 saturated heterocycles. The number of hydrogen-bond acceptors (Lipinski definition) is 3. The summed E-state index contributed by atoms with van der Waals surface area (Å²) in [4.78, 5) is 17.3. The molecule has 5 heteroatoms. The van der Waals surface area contributed by atoms with Gasteiger partial charge in [-0.3, -0.25) is 0 Å². The topological polar surface area (TPSA) is 53.4 Å². The van der Waals surface area contributed by atoms with Gasteiger partial charge in [0.25, 0.3) is 0 Å². The lowest BCUT2D eigenvalue weighted by Gasteiger charge is -2.17. The molecule has 0 aliphatic carbocycles. The average Bonchev–Trinajstić information content (AvgIpc) is 2.59. The molecule has 0 bridgehead atoms. The number of aromatic nitrogens is 1. The van der Waals surface area contributed by atoms with E-state index in [2.05, 4.69) is 23.7 Å². The van der Waals surface area contributed by atoms with E-state index in [4.69, 9.17) is 16.7 Å². The number of pyridine rings is 1. The van der Waals surface area contributed by atoms with E-state index in [-0.39, 0.29) is 10.6 Å². The quantitative estimate of drug-likeness (QED) is 0.881. The molecular formula is C12H15ClN2O2. The van der Waals surface area contributed by atoms with Gasteiger partial charge < -0.3 is 10.0 Å². The minimum absolute atomic E-state index is 0.115. The minimum Gasteiger partial charge on any atom is -0.478 e. The average molecular weight is 255 g/mol. The van der Waals surface area contributed by atoms with Crippen molar-refractivity contribution in [3.63, 3.8) is 0 Å². The number of carboxylic acid groups (broad SMARTS) is 1. The number of aromatic carboxylic acids is 1. The molecule has 0 aromatic carbocycles. The highest BCUT2D eigenvalue weighted by Crippen LogP contribution is 2.28. The Balaban J connectivity index is 2.28. The summed E-state index contributed by atoms with van der Waals surface area (Å²) in [7, 11) is 0. The zero-order valence-corrected chi connectivity index (χ0v) is 10.6. The van der Waals surface area contributed by atoms with E-state index in [1.165, 1.54) is 6.20 Å². The summed E-state index contributed by atoms with van der Waals surface area (Å²) in [6.07, 6.45) is 1.41. The second-order valence-corrected chi connectivity index (χ2v) is 5.09. The molecule has 0 saturated carbocycles. The number of nitrogens with zero attached hydrogens (tertiary/aromatic N) is 2. The second kappa shape index (κ2) is 4.53. The fourth-order valence-corrected chi connectivity index (χ4v) is 2.27. The lowest BCUT2D eigenvalue weighted by Crippen LogP contribution is -2.21. The minimum atomic E-state index is -1.01. The summed E-state index contributed by atoms with van der Waals surface area (Å²) in [6, 6.07) is 1.55. The molecule has 0 radical (unpaired) electrons. The first-order valence-electron chi connectivity index (χ1n) is 5.63. The third-order valence-corrected chi connectivity index (χ3v) is 3.68. The van der Waals surface area contributed by atoms with Crippen molar-refractivity contribution in [2.75, 3.05) is 18.0 Å². The van der Waals surface area contributed by atoms with Gasteiger partial charge >= 0.3 is 5.97 Å². The molecule has 2 atom stereocenters. The SMILES string of the molecule is CC1CN(c2cc(C(=O)O)c(Cl)cn2)CC1C. The van der Waals surface area contributed by atoms with Crippen LogP contribution in [0, 0.1) is 11.8 Å². The van der Waals surface area contributed by atoms with Gasteiger partial charge in [-0.15, -0.1) is 0 Å². The van der Waals surface area contributed by atoms with Crippen molar-refractivity contribution in [3.05, 3.63) is 22.8 Å². The van der Waals surface area contributed by atoms with Crippen molar-refractivity contribution in [3.8, 4) is 0 Å². The van der Waals surface area contributed by atoms with Crippen LogP contribution < -0.4 is 4.90 Å². The van der Waals surface area contributed by atoms with Crippen LogP contribution in [0.2, 0.25) is 5.02 Å². The van der Waals surface area contributed by atoms with E-state index < -0.39 is 5.97 Å². The summed E-state index contributed by atoms with van der Waals surface area (Å²) in [5, 5.41) is 9.19. The van der Waals surface area contributed by atoms with Gasteiger partial charge in [-0.05, 0) is 17.9 Å². The number of hydrogen-bond donors (Lipinski definition) is 1. The Morgan fingerprint density at radius 2 is 2.06 bits per heavy atom. The van der Waals surface area contributed by atoms with Crippen LogP contribution in [0.15, 0.2) is 12.3 Å². The van der Waals surface area contributed by atoms with Crippen molar-refractivity contribution in [1.82, 2.24) is 4.98 Å². The van der Waals surface area contributed by atoms with Crippen molar-refractivity contribution >= 4 is 23.4 Å². The summed E-state index contributed by atoms with van der Waals surface area (Å²) >= 11 is 5.79. The molecule has 0 spiro atoms. The van der Waals surface area contributed by atoms with Crippen LogP contribution in [0.4, 0.5) is 5.82 Å². The second-order valence-electron chi connectivity index (χ2n) is 4.69. The van der Waals surface area contributed by atoms with Crippen LogP contribution in [0.3, 0.4) is 0 Å². The molecule has 1 fully saturated rings. The first-order valence-corrected chi connectivity index (χ1v) is 6.00. The number of anilines is 1. The van der Waals surface area contributed by atoms with Gasteiger partial charge in [0.05, 0.1) is 10.6 Å². The smallest absolute Gasteiger partial charge is 0.337 e. The molecule has 92 valence electrons. The van der Waals surface area contributed by atoms with E-state index >= 15 is 0 Å². The van der Waals surface area contributed by atoms with E-state index in [1.807, 2.05) is 0 Å². The number of halogens is 1. The molecular weight excluding hydrogens is 240 g/mol. The Bertz CT molecular complexity index is 440. The Labute approximate surface area is 105 Å². The highest BCUT2D eigenvalue weighted by atomic mass is 35.5. The third kappa shape index (κ3) is 2.36. The van der Waals surface area contributed by atoms with E-state index in [9.17, 15) is 4.79 Å². The van der Waals surface area contributed by atoms with Crippen LogP contribution in [0.25, 0.3) is 0 Å². The maximum atomic E-state index is 11.0. The van der Waals surface area contributed by atoms with E-state index in [0.29, 0.717) is 17.7 Å². The lowest BCUT2D eigenvalue weighted by molar-refractivity contribution is 0.0697. The molecule has 2 rings (SSSR count). The fourth-order valence-electron chi connectivity index (χ4n) is 2.08. The normalized spacial score (nSPS) is 24.1. The van der Waals surface area contributed by atoms with Gasteiger partial charge in [0.15, 0.2) is 0 Å². The predicted octanol–water partition coefficient (Wildman–Crippen LogP) is 2.53. The molecule has 2 unspecified atom stereocenters. The van der Waals surface area contributed by atoms with Crippen molar-refractivity contribution < 1.29 is 9.90 Å². The zero-order valence-electron chi connectivity index (χ0n) is 9.85. The largest absolute Gasteiger partial charge is 0.478 e. The van der Waals surface area contributed by atoms with E-state index in [0.717, 1.165) is 13.1 Å². The fraction of sp³-hybridized carbons (Fsp3) is 0.500.